The fourth-order valence-corrected chi connectivity index (χ4v) is 3.02. The van der Waals surface area contributed by atoms with E-state index in [1.54, 1.807) is 0 Å². The zero-order valence-electron chi connectivity index (χ0n) is 13.9. The maximum absolute atomic E-state index is 11.4. The number of amides is 1. The Bertz CT molecular complexity index is 518. The van der Waals surface area contributed by atoms with Gasteiger partial charge in [-0.15, -0.1) is 0 Å². The number of piperazine rings is 1. The van der Waals surface area contributed by atoms with Crippen molar-refractivity contribution < 1.29 is 9.90 Å². The molecule has 1 saturated carbocycles. The van der Waals surface area contributed by atoms with E-state index in [4.69, 9.17) is 0 Å². The van der Waals surface area contributed by atoms with Gasteiger partial charge in [0.15, 0.2) is 0 Å². The zero-order valence-corrected chi connectivity index (χ0v) is 13.9. The standard InChI is InChI=1S/C18H27N3O2/c1-14(22)18(23)19-12-15-4-6-17(7-5-15)21-10-8-20(9-11-21)13-16-2-3-16/h4-7,14,16,22H,2-3,8-13H2,1H3,(H,19,23). The Morgan fingerprint density at radius 1 is 1.22 bits per heavy atom. The van der Waals surface area contributed by atoms with Crippen LogP contribution in [0.1, 0.15) is 25.3 Å². The third-order valence-electron chi connectivity index (χ3n) is 4.73. The molecule has 1 aromatic rings. The lowest BCUT2D eigenvalue weighted by molar-refractivity contribution is -0.128. The van der Waals surface area contributed by atoms with Crippen LogP contribution in [0.4, 0.5) is 5.69 Å². The molecule has 1 aromatic carbocycles. The van der Waals surface area contributed by atoms with Crippen LogP contribution in [0.15, 0.2) is 24.3 Å². The van der Waals surface area contributed by atoms with Gasteiger partial charge in [-0.05, 0) is 43.4 Å². The van der Waals surface area contributed by atoms with Crippen LogP contribution in [0.3, 0.4) is 0 Å². The summed E-state index contributed by atoms with van der Waals surface area (Å²) in [6.45, 7) is 7.71. The normalized spacial score (nSPS) is 20.3. The van der Waals surface area contributed by atoms with Gasteiger partial charge in [-0.3, -0.25) is 9.69 Å². The Labute approximate surface area is 138 Å². The summed E-state index contributed by atoms with van der Waals surface area (Å²) in [5.41, 5.74) is 2.30. The maximum Gasteiger partial charge on any atom is 0.248 e. The lowest BCUT2D eigenvalue weighted by atomic mass is 10.1. The molecule has 0 radical (unpaired) electrons. The average Bonchev–Trinajstić information content (AvgIpc) is 3.38. The molecule has 0 bridgehead atoms. The molecule has 3 rings (SSSR count). The van der Waals surface area contributed by atoms with E-state index >= 15 is 0 Å². The van der Waals surface area contributed by atoms with Crippen molar-refractivity contribution in [2.24, 2.45) is 5.92 Å². The number of rotatable bonds is 6. The third-order valence-corrected chi connectivity index (χ3v) is 4.73. The molecular weight excluding hydrogens is 290 g/mol. The SMILES string of the molecule is CC(O)C(=O)NCc1ccc(N2CCN(CC3CC3)CC2)cc1. The van der Waals surface area contributed by atoms with Crippen molar-refractivity contribution in [3.05, 3.63) is 29.8 Å². The molecule has 1 unspecified atom stereocenters. The Balaban J connectivity index is 1.46. The Kier molecular flexibility index (Phi) is 5.18. The number of aliphatic hydroxyl groups is 1. The number of anilines is 1. The third kappa shape index (κ3) is 4.69. The van der Waals surface area contributed by atoms with E-state index in [1.165, 1.54) is 32.0 Å². The summed E-state index contributed by atoms with van der Waals surface area (Å²) < 4.78 is 0. The van der Waals surface area contributed by atoms with E-state index in [1.807, 2.05) is 12.1 Å². The first-order valence-corrected chi connectivity index (χ1v) is 8.64. The van der Waals surface area contributed by atoms with Crippen LogP contribution in [0, 0.1) is 5.92 Å². The van der Waals surface area contributed by atoms with Crippen molar-refractivity contribution in [2.75, 3.05) is 37.6 Å². The first-order chi connectivity index (χ1) is 11.1. The molecule has 2 N–H and O–H groups in total. The number of aliphatic hydroxyl groups excluding tert-OH is 1. The average molecular weight is 317 g/mol. The number of hydrogen-bond acceptors (Lipinski definition) is 4. The van der Waals surface area contributed by atoms with Gasteiger partial charge in [0.2, 0.25) is 5.91 Å². The minimum atomic E-state index is -0.957. The highest BCUT2D eigenvalue weighted by molar-refractivity contribution is 5.79. The van der Waals surface area contributed by atoms with E-state index in [0.29, 0.717) is 6.54 Å². The van der Waals surface area contributed by atoms with Gasteiger partial charge in [0.25, 0.3) is 0 Å². The predicted octanol–water partition coefficient (Wildman–Crippen LogP) is 1.22. The van der Waals surface area contributed by atoms with Crippen molar-refractivity contribution in [3.8, 4) is 0 Å². The molecule has 0 spiro atoms. The van der Waals surface area contributed by atoms with Crippen LogP contribution in [-0.2, 0) is 11.3 Å². The monoisotopic (exact) mass is 317 g/mol. The van der Waals surface area contributed by atoms with Gasteiger partial charge in [-0.25, -0.2) is 0 Å². The van der Waals surface area contributed by atoms with Gasteiger partial charge >= 0.3 is 0 Å². The molecule has 0 aromatic heterocycles. The summed E-state index contributed by atoms with van der Waals surface area (Å²) in [6.07, 6.45) is 1.89. The Hall–Kier alpha value is -1.59. The van der Waals surface area contributed by atoms with Crippen molar-refractivity contribution in [1.29, 1.82) is 0 Å². The van der Waals surface area contributed by atoms with E-state index < -0.39 is 6.10 Å². The number of carbonyl (C=O) groups excluding carboxylic acids is 1. The van der Waals surface area contributed by atoms with Crippen LogP contribution in [-0.4, -0.2) is 54.7 Å². The molecule has 1 saturated heterocycles. The van der Waals surface area contributed by atoms with E-state index in [9.17, 15) is 9.90 Å². The van der Waals surface area contributed by atoms with Gasteiger partial charge in [0.1, 0.15) is 6.10 Å². The highest BCUT2D eigenvalue weighted by atomic mass is 16.3. The highest BCUT2D eigenvalue weighted by Crippen LogP contribution is 2.30. The van der Waals surface area contributed by atoms with Gasteiger partial charge in [-0.1, -0.05) is 12.1 Å². The summed E-state index contributed by atoms with van der Waals surface area (Å²) in [5.74, 6) is 0.638. The lowest BCUT2D eigenvalue weighted by Gasteiger charge is -2.36. The molecule has 23 heavy (non-hydrogen) atoms. The summed E-state index contributed by atoms with van der Waals surface area (Å²) in [5, 5.41) is 11.9. The molecule has 2 fully saturated rings. The van der Waals surface area contributed by atoms with Gasteiger partial charge in [-0.2, -0.15) is 0 Å². The first kappa shape index (κ1) is 16.3. The second-order valence-electron chi connectivity index (χ2n) is 6.79. The van der Waals surface area contributed by atoms with Crippen LogP contribution in [0.25, 0.3) is 0 Å². The van der Waals surface area contributed by atoms with Gasteiger partial charge in [0.05, 0.1) is 0 Å². The summed E-state index contributed by atoms with van der Waals surface area (Å²) >= 11 is 0. The van der Waals surface area contributed by atoms with Crippen LogP contribution >= 0.6 is 0 Å². The van der Waals surface area contributed by atoms with Crippen LogP contribution in [0.5, 0.6) is 0 Å². The second kappa shape index (κ2) is 7.32. The predicted molar refractivity (Wildman–Crippen MR) is 91.3 cm³/mol. The lowest BCUT2D eigenvalue weighted by Crippen LogP contribution is -2.47. The minimum absolute atomic E-state index is 0.333. The Morgan fingerprint density at radius 3 is 2.43 bits per heavy atom. The summed E-state index contributed by atoms with van der Waals surface area (Å²) in [7, 11) is 0. The van der Waals surface area contributed by atoms with Crippen LogP contribution in [0.2, 0.25) is 0 Å². The number of nitrogens with zero attached hydrogens (tertiary/aromatic N) is 2. The summed E-state index contributed by atoms with van der Waals surface area (Å²) in [6, 6.07) is 8.35. The van der Waals surface area contributed by atoms with E-state index in [2.05, 4.69) is 27.2 Å². The molecule has 126 valence electrons. The zero-order chi connectivity index (χ0) is 16.2. The number of benzene rings is 1. The van der Waals surface area contributed by atoms with Crippen molar-refractivity contribution in [1.82, 2.24) is 10.2 Å². The largest absolute Gasteiger partial charge is 0.384 e. The van der Waals surface area contributed by atoms with Crippen molar-refractivity contribution >= 4 is 11.6 Å². The minimum Gasteiger partial charge on any atom is -0.384 e. The number of nitrogens with one attached hydrogen (secondary N) is 1. The van der Waals surface area contributed by atoms with Crippen molar-refractivity contribution in [2.45, 2.75) is 32.4 Å². The smallest absolute Gasteiger partial charge is 0.248 e. The van der Waals surface area contributed by atoms with Gasteiger partial charge in [0, 0.05) is 45.0 Å². The molecule has 1 atom stereocenters. The molecule has 1 amide bonds. The maximum atomic E-state index is 11.4. The van der Waals surface area contributed by atoms with Crippen LogP contribution < -0.4 is 10.2 Å². The first-order valence-electron chi connectivity index (χ1n) is 8.64. The molecule has 5 nitrogen and oxygen atoms in total. The molecule has 2 aliphatic rings. The molecular formula is C18H27N3O2. The quantitative estimate of drug-likeness (QED) is 0.828. The fourth-order valence-electron chi connectivity index (χ4n) is 3.02. The van der Waals surface area contributed by atoms with Crippen molar-refractivity contribution in [3.63, 3.8) is 0 Å². The fraction of sp³-hybridized carbons (Fsp3) is 0.611. The number of hydrogen-bond donors (Lipinski definition) is 2. The highest BCUT2D eigenvalue weighted by Gasteiger charge is 2.26. The molecule has 1 heterocycles. The molecule has 1 aliphatic carbocycles. The molecule has 5 heteroatoms. The molecule has 1 aliphatic heterocycles. The number of carbonyl (C=O) groups is 1. The van der Waals surface area contributed by atoms with E-state index in [-0.39, 0.29) is 5.91 Å². The van der Waals surface area contributed by atoms with E-state index in [0.717, 1.165) is 37.7 Å². The summed E-state index contributed by atoms with van der Waals surface area (Å²) in [4.78, 5) is 16.4. The topological polar surface area (TPSA) is 55.8 Å². The second-order valence-corrected chi connectivity index (χ2v) is 6.79. The van der Waals surface area contributed by atoms with Gasteiger partial charge < -0.3 is 15.3 Å². The Morgan fingerprint density at radius 2 is 1.87 bits per heavy atom.